The third kappa shape index (κ3) is 4.12. The number of nitrogen functional groups attached to an aromatic ring is 1. The summed E-state index contributed by atoms with van der Waals surface area (Å²) in [5.74, 6) is -8.75. The van der Waals surface area contributed by atoms with Crippen LogP contribution in [0, 0.1) is 6.92 Å². The fraction of sp³-hybridized carbons (Fsp3) is 0.267. The molecule has 0 unspecified atom stereocenters. The summed E-state index contributed by atoms with van der Waals surface area (Å²) in [6.07, 6.45) is -11.2. The molecule has 0 aliphatic carbocycles. The number of rotatable bonds is 3. The van der Waals surface area contributed by atoms with Gasteiger partial charge in [0.2, 0.25) is 0 Å². The molecule has 0 aliphatic rings. The first-order chi connectivity index (χ1) is 12.6. The van der Waals surface area contributed by atoms with Crippen LogP contribution in [0.2, 0.25) is 0 Å². The Labute approximate surface area is 151 Å². The Kier molecular flexibility index (Phi) is 5.23. The van der Waals surface area contributed by atoms with Gasteiger partial charge in [0.1, 0.15) is 5.82 Å². The minimum atomic E-state index is -6.24. The average molecular weight is 414 g/mol. The number of nitrogens with two attached hydrogens (primary N) is 1. The number of carbonyl (C=O) groups excluding carboxylic acids is 1. The van der Waals surface area contributed by atoms with Gasteiger partial charge in [0.25, 0.3) is 0 Å². The van der Waals surface area contributed by atoms with Crippen LogP contribution in [0.5, 0.6) is 0 Å². The van der Waals surface area contributed by atoms with E-state index in [9.17, 15) is 39.9 Å². The fourth-order valence-electron chi connectivity index (χ4n) is 2.13. The number of aryl methyl sites for hydroxylation is 1. The molecule has 1 heterocycles. The number of halogens is 8. The summed E-state index contributed by atoms with van der Waals surface area (Å²) in [4.78, 5) is 11.4. The zero-order chi connectivity index (χ0) is 21.5. The molecule has 1 aromatic carbocycles. The highest BCUT2D eigenvalue weighted by atomic mass is 19.4. The Bertz CT molecular complexity index is 908. The van der Waals surface area contributed by atoms with Crippen LogP contribution in [-0.4, -0.2) is 28.2 Å². The van der Waals surface area contributed by atoms with Crippen LogP contribution in [0.4, 0.5) is 46.6 Å². The van der Waals surface area contributed by atoms with Crippen LogP contribution in [0.3, 0.4) is 0 Å². The van der Waals surface area contributed by atoms with E-state index in [0.29, 0.717) is 6.07 Å². The van der Waals surface area contributed by atoms with Crippen LogP contribution in [-0.2, 0) is 11.0 Å². The molecule has 0 bridgehead atoms. The molecule has 0 atom stereocenters. The van der Waals surface area contributed by atoms with Crippen molar-refractivity contribution in [1.29, 1.82) is 0 Å². The lowest BCUT2D eigenvalue weighted by Gasteiger charge is -2.20. The average Bonchev–Trinajstić information content (AvgIpc) is 2.53. The summed E-state index contributed by atoms with van der Waals surface area (Å²) in [6, 6.07) is 2.77. The van der Waals surface area contributed by atoms with E-state index in [-0.39, 0.29) is 28.7 Å². The number of benzene rings is 1. The van der Waals surface area contributed by atoms with Gasteiger partial charge < -0.3 is 11.1 Å². The first kappa shape index (κ1) is 21.3. The first-order valence-electron chi connectivity index (χ1n) is 7.22. The number of aromatic nitrogens is 2. The number of anilines is 2. The van der Waals surface area contributed by atoms with Crippen molar-refractivity contribution in [2.45, 2.75) is 25.2 Å². The van der Waals surface area contributed by atoms with Crippen molar-refractivity contribution in [2.75, 3.05) is 11.1 Å². The Hall–Kier alpha value is -2.99. The van der Waals surface area contributed by atoms with Gasteiger partial charge in [-0.3, -0.25) is 4.79 Å². The Morgan fingerprint density at radius 3 is 2.11 bits per heavy atom. The first-order valence-corrected chi connectivity index (χ1v) is 7.22. The predicted molar refractivity (Wildman–Crippen MR) is 81.3 cm³/mol. The molecule has 2 aromatic rings. The molecular weight excluding hydrogens is 404 g/mol. The maximum absolute atomic E-state index is 13.2. The molecule has 3 N–H and O–H groups in total. The predicted octanol–water partition coefficient (Wildman–Crippen LogP) is 4.19. The molecule has 152 valence electrons. The smallest absolute Gasteiger partial charge is 0.382 e. The molecule has 0 fully saturated rings. The largest absolute Gasteiger partial charge is 0.463 e. The van der Waals surface area contributed by atoms with E-state index in [1.807, 2.05) is 0 Å². The third-order valence-electron chi connectivity index (χ3n) is 3.49. The van der Waals surface area contributed by atoms with E-state index in [0.717, 1.165) is 6.07 Å². The van der Waals surface area contributed by atoms with E-state index < -0.39 is 35.4 Å². The van der Waals surface area contributed by atoms with Crippen molar-refractivity contribution in [2.24, 2.45) is 0 Å². The van der Waals surface area contributed by atoms with Crippen molar-refractivity contribution < 1.29 is 39.9 Å². The molecule has 0 radical (unpaired) electrons. The van der Waals surface area contributed by atoms with Gasteiger partial charge in [-0.25, -0.2) is 0 Å². The minimum absolute atomic E-state index is 0.0673. The van der Waals surface area contributed by atoms with E-state index in [2.05, 4.69) is 10.2 Å². The van der Waals surface area contributed by atoms with Crippen molar-refractivity contribution in [1.82, 2.24) is 10.2 Å². The van der Waals surface area contributed by atoms with Gasteiger partial charge in [0.05, 0.1) is 16.9 Å². The van der Waals surface area contributed by atoms with Crippen molar-refractivity contribution in [3.05, 3.63) is 35.4 Å². The molecule has 1 aromatic heterocycles. The van der Waals surface area contributed by atoms with Gasteiger partial charge in [-0.05, 0) is 30.7 Å². The number of alkyl halides is 8. The Morgan fingerprint density at radius 2 is 1.61 bits per heavy atom. The summed E-state index contributed by atoms with van der Waals surface area (Å²) < 4.78 is 102. The number of nitrogens with one attached hydrogen (secondary N) is 1. The van der Waals surface area contributed by atoms with Gasteiger partial charge in [-0.15, -0.1) is 10.2 Å². The van der Waals surface area contributed by atoms with Crippen molar-refractivity contribution in [3.8, 4) is 11.3 Å². The molecule has 2 rings (SSSR count). The van der Waals surface area contributed by atoms with Gasteiger partial charge in [0, 0.05) is 5.56 Å². The van der Waals surface area contributed by atoms with Gasteiger partial charge in [0.15, 0.2) is 0 Å². The van der Waals surface area contributed by atoms with Crippen LogP contribution < -0.4 is 11.1 Å². The molecule has 5 nitrogen and oxygen atoms in total. The topological polar surface area (TPSA) is 80.9 Å². The summed E-state index contributed by atoms with van der Waals surface area (Å²) in [7, 11) is 0. The number of hydrogen-bond donors (Lipinski definition) is 2. The zero-order valence-corrected chi connectivity index (χ0v) is 13.7. The van der Waals surface area contributed by atoms with Crippen LogP contribution >= 0.6 is 0 Å². The molecule has 1 amide bonds. The Morgan fingerprint density at radius 1 is 1.00 bits per heavy atom. The standard InChI is InChI=1S/C15H10F8N4O/c1-6-4-10(24)26-27-11(6)8-3-2-7(14(18,19)20)5-9(8)25-12(28)13(16,17)15(21,22)23/h2-5H,1H3,(H2,24,26)(H,25,28). The highest BCUT2D eigenvalue weighted by Gasteiger charge is 2.63. The van der Waals surface area contributed by atoms with Gasteiger partial charge >= 0.3 is 24.2 Å². The molecule has 0 spiro atoms. The highest BCUT2D eigenvalue weighted by molar-refractivity contribution is 6.00. The summed E-state index contributed by atoms with van der Waals surface area (Å²) in [5, 5.41) is 8.26. The number of nitrogens with zero attached hydrogens (tertiary/aromatic N) is 2. The monoisotopic (exact) mass is 414 g/mol. The quantitative estimate of drug-likeness (QED) is 0.739. The molecule has 0 saturated carbocycles. The fourth-order valence-corrected chi connectivity index (χ4v) is 2.13. The lowest BCUT2D eigenvalue weighted by molar-refractivity contribution is -0.267. The molecule has 0 saturated heterocycles. The second-order valence-corrected chi connectivity index (χ2v) is 5.59. The van der Waals surface area contributed by atoms with Gasteiger partial charge in [-0.1, -0.05) is 6.07 Å². The highest BCUT2D eigenvalue weighted by Crippen LogP contribution is 2.39. The summed E-state index contributed by atoms with van der Waals surface area (Å²) >= 11 is 0. The van der Waals surface area contributed by atoms with Crippen molar-refractivity contribution >= 4 is 17.4 Å². The minimum Gasteiger partial charge on any atom is -0.382 e. The van der Waals surface area contributed by atoms with Crippen LogP contribution in [0.1, 0.15) is 11.1 Å². The summed E-state index contributed by atoms with van der Waals surface area (Å²) in [6.45, 7) is 1.40. The lowest BCUT2D eigenvalue weighted by Crippen LogP contribution is -2.47. The molecule has 28 heavy (non-hydrogen) atoms. The number of hydrogen-bond acceptors (Lipinski definition) is 4. The maximum atomic E-state index is 13.2. The Balaban J connectivity index is 2.60. The molecular formula is C15H10F8N4O. The normalized spacial score (nSPS) is 12.8. The van der Waals surface area contributed by atoms with E-state index in [4.69, 9.17) is 5.73 Å². The summed E-state index contributed by atoms with van der Waals surface area (Å²) in [5.41, 5.74) is 2.75. The second kappa shape index (κ2) is 6.87. The second-order valence-electron chi connectivity index (χ2n) is 5.59. The van der Waals surface area contributed by atoms with Crippen LogP contribution in [0.25, 0.3) is 11.3 Å². The lowest BCUT2D eigenvalue weighted by atomic mass is 10.0. The maximum Gasteiger partial charge on any atom is 0.463 e. The SMILES string of the molecule is Cc1cc(N)nnc1-c1ccc(C(F)(F)F)cc1NC(=O)C(F)(F)C(F)(F)F. The molecule has 0 aliphatic heterocycles. The van der Waals surface area contributed by atoms with E-state index in [1.54, 1.807) is 0 Å². The van der Waals surface area contributed by atoms with E-state index >= 15 is 0 Å². The number of amides is 1. The van der Waals surface area contributed by atoms with Crippen LogP contribution in [0.15, 0.2) is 24.3 Å². The van der Waals surface area contributed by atoms with Crippen molar-refractivity contribution in [3.63, 3.8) is 0 Å². The van der Waals surface area contributed by atoms with E-state index in [1.165, 1.54) is 18.3 Å². The van der Waals surface area contributed by atoms with Gasteiger partial charge in [-0.2, -0.15) is 35.1 Å². The number of carbonyl (C=O) groups is 1. The zero-order valence-electron chi connectivity index (χ0n) is 13.7. The third-order valence-corrected chi connectivity index (χ3v) is 3.49. The molecule has 13 heteroatoms.